The number of alkyl halides is 1. The first-order chi connectivity index (χ1) is 9.97. The summed E-state index contributed by atoms with van der Waals surface area (Å²) in [6.07, 6.45) is -2.16. The molecule has 0 saturated heterocycles. The minimum atomic E-state index is -2.16. The van der Waals surface area contributed by atoms with Crippen molar-refractivity contribution < 1.29 is 22.6 Å². The summed E-state index contributed by atoms with van der Waals surface area (Å²) in [6, 6.07) is 2.92. The van der Waals surface area contributed by atoms with Crippen LogP contribution in [-0.2, 0) is 0 Å². The number of anilines is 1. The first kappa shape index (κ1) is 14.9. The molecule has 8 heteroatoms. The van der Waals surface area contributed by atoms with Crippen LogP contribution < -0.4 is 15.2 Å². The molecule has 0 amide bonds. The van der Waals surface area contributed by atoms with Crippen molar-refractivity contribution in [3.63, 3.8) is 0 Å². The Balaban J connectivity index is 2.54. The zero-order chi connectivity index (χ0) is 15.6. The fourth-order valence-electron chi connectivity index (χ4n) is 1.71. The molecule has 1 aromatic carbocycles. The van der Waals surface area contributed by atoms with Crippen LogP contribution in [0.5, 0.6) is 11.8 Å². The number of ether oxygens (including phenoxy) is 2. The third kappa shape index (κ3) is 2.83. The monoisotopic (exact) mass is 299 g/mol. The van der Waals surface area contributed by atoms with E-state index in [0.29, 0.717) is 0 Å². The fourth-order valence-corrected chi connectivity index (χ4v) is 1.71. The lowest BCUT2D eigenvalue weighted by Gasteiger charge is -2.13. The van der Waals surface area contributed by atoms with Crippen LogP contribution in [0.2, 0.25) is 0 Å². The van der Waals surface area contributed by atoms with Gasteiger partial charge in [0.15, 0.2) is 12.0 Å². The smallest absolute Gasteiger partial charge is 0.220 e. The first-order valence-electron chi connectivity index (χ1n) is 5.82. The lowest BCUT2D eigenvalue weighted by atomic mass is 10.1. The Bertz CT molecular complexity index is 645. The van der Waals surface area contributed by atoms with E-state index in [1.807, 2.05) is 0 Å². The highest BCUT2D eigenvalue weighted by Gasteiger charge is 2.26. The second kappa shape index (κ2) is 5.86. The molecule has 1 atom stereocenters. The van der Waals surface area contributed by atoms with Gasteiger partial charge in [-0.15, -0.1) is 0 Å². The average Bonchev–Trinajstić information content (AvgIpc) is 2.50. The van der Waals surface area contributed by atoms with E-state index in [2.05, 4.69) is 9.97 Å². The van der Waals surface area contributed by atoms with Crippen molar-refractivity contribution in [2.45, 2.75) is 6.17 Å². The molecular formula is C13H12F3N3O2. The summed E-state index contributed by atoms with van der Waals surface area (Å²) in [5, 5.41) is 0. The van der Waals surface area contributed by atoms with Gasteiger partial charge < -0.3 is 15.2 Å². The van der Waals surface area contributed by atoms with Crippen LogP contribution in [0.3, 0.4) is 0 Å². The minimum Gasteiger partial charge on any atom is -0.481 e. The SMILES string of the molecule is COc1cc(OC)nc(C(F)c2c(F)ccc(F)c2N)n1. The lowest BCUT2D eigenvalue weighted by molar-refractivity contribution is 0.336. The van der Waals surface area contributed by atoms with Gasteiger partial charge in [-0.3, -0.25) is 0 Å². The van der Waals surface area contributed by atoms with Gasteiger partial charge in [0.1, 0.15) is 11.6 Å². The summed E-state index contributed by atoms with van der Waals surface area (Å²) >= 11 is 0. The summed E-state index contributed by atoms with van der Waals surface area (Å²) in [4.78, 5) is 7.51. The average molecular weight is 299 g/mol. The Morgan fingerprint density at radius 1 is 1.05 bits per heavy atom. The summed E-state index contributed by atoms with van der Waals surface area (Å²) < 4.78 is 51.3. The molecule has 0 saturated carbocycles. The normalized spacial score (nSPS) is 12.0. The van der Waals surface area contributed by atoms with Crippen molar-refractivity contribution in [3.8, 4) is 11.8 Å². The van der Waals surface area contributed by atoms with Crippen LogP contribution in [0, 0.1) is 11.6 Å². The molecule has 0 radical (unpaired) electrons. The van der Waals surface area contributed by atoms with Crippen LogP contribution in [0.1, 0.15) is 17.6 Å². The van der Waals surface area contributed by atoms with Crippen molar-refractivity contribution in [2.75, 3.05) is 20.0 Å². The Morgan fingerprint density at radius 3 is 2.10 bits per heavy atom. The van der Waals surface area contributed by atoms with Crippen molar-refractivity contribution in [2.24, 2.45) is 0 Å². The molecule has 2 rings (SSSR count). The number of rotatable bonds is 4. The molecule has 0 aliphatic heterocycles. The number of nitrogens with zero attached hydrogens (tertiary/aromatic N) is 2. The van der Waals surface area contributed by atoms with Crippen LogP contribution >= 0.6 is 0 Å². The molecule has 2 aromatic rings. The van der Waals surface area contributed by atoms with Crippen molar-refractivity contribution in [1.82, 2.24) is 9.97 Å². The lowest BCUT2D eigenvalue weighted by Crippen LogP contribution is -2.09. The molecule has 1 heterocycles. The molecule has 112 valence electrons. The van der Waals surface area contributed by atoms with Gasteiger partial charge in [0.25, 0.3) is 0 Å². The first-order valence-corrected chi connectivity index (χ1v) is 5.82. The van der Waals surface area contributed by atoms with E-state index in [-0.39, 0.29) is 11.8 Å². The maximum absolute atomic E-state index is 14.5. The highest BCUT2D eigenvalue weighted by Crippen LogP contribution is 2.33. The van der Waals surface area contributed by atoms with Gasteiger partial charge in [0, 0.05) is 0 Å². The van der Waals surface area contributed by atoms with E-state index in [1.165, 1.54) is 20.3 Å². The third-order valence-electron chi connectivity index (χ3n) is 2.78. The molecule has 0 bridgehead atoms. The number of nitrogens with two attached hydrogens (primary N) is 1. The number of hydrogen-bond donors (Lipinski definition) is 1. The Morgan fingerprint density at radius 2 is 1.57 bits per heavy atom. The predicted octanol–water partition coefficient (Wildman–Crippen LogP) is 2.41. The quantitative estimate of drug-likeness (QED) is 0.878. The predicted molar refractivity (Wildman–Crippen MR) is 68.9 cm³/mol. The van der Waals surface area contributed by atoms with Gasteiger partial charge in [-0.25, -0.2) is 13.2 Å². The van der Waals surface area contributed by atoms with Crippen molar-refractivity contribution in [3.05, 3.63) is 41.2 Å². The number of nitrogen functional groups attached to an aromatic ring is 1. The molecule has 1 unspecified atom stereocenters. The number of halogens is 3. The van der Waals surface area contributed by atoms with Crippen LogP contribution in [-0.4, -0.2) is 24.2 Å². The van der Waals surface area contributed by atoms with E-state index in [0.717, 1.165) is 12.1 Å². The van der Waals surface area contributed by atoms with Gasteiger partial charge >= 0.3 is 0 Å². The van der Waals surface area contributed by atoms with Crippen LogP contribution in [0.4, 0.5) is 18.9 Å². The Labute approximate surface area is 118 Å². The zero-order valence-electron chi connectivity index (χ0n) is 11.2. The number of aromatic nitrogens is 2. The van der Waals surface area contributed by atoms with Crippen LogP contribution in [0.15, 0.2) is 18.2 Å². The summed E-state index contributed by atoms with van der Waals surface area (Å²) in [7, 11) is 2.63. The van der Waals surface area contributed by atoms with Gasteiger partial charge in [0.2, 0.25) is 11.8 Å². The molecule has 21 heavy (non-hydrogen) atoms. The molecule has 0 fully saturated rings. The molecule has 2 N–H and O–H groups in total. The van der Waals surface area contributed by atoms with E-state index in [9.17, 15) is 13.2 Å². The van der Waals surface area contributed by atoms with Gasteiger partial charge in [-0.05, 0) is 12.1 Å². The van der Waals surface area contributed by atoms with E-state index in [1.54, 1.807) is 0 Å². The molecule has 0 aliphatic carbocycles. The van der Waals surface area contributed by atoms with Gasteiger partial charge in [-0.2, -0.15) is 9.97 Å². The summed E-state index contributed by atoms with van der Waals surface area (Å²) in [5.41, 5.74) is 4.10. The number of hydrogen-bond acceptors (Lipinski definition) is 5. The second-order valence-electron chi connectivity index (χ2n) is 4.03. The molecule has 0 aliphatic rings. The van der Waals surface area contributed by atoms with Gasteiger partial charge in [-0.1, -0.05) is 0 Å². The maximum atomic E-state index is 14.5. The second-order valence-corrected chi connectivity index (χ2v) is 4.03. The highest BCUT2D eigenvalue weighted by atomic mass is 19.1. The van der Waals surface area contributed by atoms with Crippen LogP contribution in [0.25, 0.3) is 0 Å². The van der Waals surface area contributed by atoms with Crippen molar-refractivity contribution >= 4 is 5.69 Å². The van der Waals surface area contributed by atoms with Gasteiger partial charge in [0.05, 0.1) is 31.5 Å². The fraction of sp³-hybridized carbons (Fsp3) is 0.231. The number of methoxy groups -OCH3 is 2. The van der Waals surface area contributed by atoms with Crippen molar-refractivity contribution in [1.29, 1.82) is 0 Å². The highest BCUT2D eigenvalue weighted by molar-refractivity contribution is 5.51. The Kier molecular flexibility index (Phi) is 4.15. The standard InChI is InChI=1S/C13H12F3N3O2/c1-20-8-5-9(21-2)19-13(18-8)11(16)10-6(14)3-4-7(15)12(10)17/h3-5,11H,17H2,1-2H3. The maximum Gasteiger partial charge on any atom is 0.220 e. The number of benzene rings is 1. The topological polar surface area (TPSA) is 70.3 Å². The zero-order valence-corrected chi connectivity index (χ0v) is 11.2. The third-order valence-corrected chi connectivity index (χ3v) is 2.78. The largest absolute Gasteiger partial charge is 0.481 e. The van der Waals surface area contributed by atoms with E-state index >= 15 is 0 Å². The molecule has 1 aromatic heterocycles. The van der Waals surface area contributed by atoms with E-state index < -0.39 is 34.9 Å². The molecular weight excluding hydrogens is 287 g/mol. The Hall–Kier alpha value is -2.51. The summed E-state index contributed by atoms with van der Waals surface area (Å²) in [6.45, 7) is 0. The molecule has 0 spiro atoms. The summed E-state index contributed by atoms with van der Waals surface area (Å²) in [5.74, 6) is -2.32. The minimum absolute atomic E-state index is 0.0230. The molecule has 5 nitrogen and oxygen atoms in total. The van der Waals surface area contributed by atoms with E-state index in [4.69, 9.17) is 15.2 Å².